The number of halogens is 6. The van der Waals surface area contributed by atoms with Gasteiger partial charge < -0.3 is 20.3 Å². The Morgan fingerprint density at radius 1 is 0.974 bits per heavy atom. The van der Waals surface area contributed by atoms with E-state index in [4.69, 9.17) is 24.5 Å². The lowest BCUT2D eigenvalue weighted by molar-refractivity contribution is -0.193. The summed E-state index contributed by atoms with van der Waals surface area (Å²) in [7, 11) is 0. The fourth-order valence-electron chi connectivity index (χ4n) is 3.74. The fraction of sp³-hybridized carbons (Fsp3) is 0.455. The molecular weight excluding hydrogens is 544 g/mol. The van der Waals surface area contributed by atoms with Gasteiger partial charge >= 0.3 is 24.3 Å². The SMILES string of the molecule is O=C(Nc1cnccn1)[C@@H]1C[C@H]2OCC[C@H]2N(Cc2ccncc2)C1.O=C(O)C(F)(F)F.O=C(O)C(F)(F)F. The molecule has 0 unspecified atom stereocenters. The molecule has 4 heterocycles. The lowest BCUT2D eigenvalue weighted by Gasteiger charge is -2.40. The van der Waals surface area contributed by atoms with Gasteiger partial charge in [0.2, 0.25) is 5.91 Å². The smallest absolute Gasteiger partial charge is 0.475 e. The van der Waals surface area contributed by atoms with Crippen LogP contribution in [0.5, 0.6) is 0 Å². The van der Waals surface area contributed by atoms with E-state index in [0.717, 1.165) is 32.5 Å². The largest absolute Gasteiger partial charge is 0.490 e. The number of pyridine rings is 1. The van der Waals surface area contributed by atoms with E-state index >= 15 is 0 Å². The molecule has 0 bridgehead atoms. The number of anilines is 1. The van der Waals surface area contributed by atoms with Crippen molar-refractivity contribution in [3.05, 3.63) is 48.7 Å². The zero-order chi connectivity index (χ0) is 29.2. The number of carboxylic acids is 2. The van der Waals surface area contributed by atoms with Gasteiger partial charge in [0.25, 0.3) is 0 Å². The second kappa shape index (κ2) is 13.8. The number of rotatable bonds is 4. The number of ether oxygens (including phenoxy) is 1. The lowest BCUT2D eigenvalue weighted by Crippen LogP contribution is -2.51. The van der Waals surface area contributed by atoms with Crippen LogP contribution in [0, 0.1) is 5.92 Å². The van der Waals surface area contributed by atoms with Crippen molar-refractivity contribution in [1.29, 1.82) is 0 Å². The lowest BCUT2D eigenvalue weighted by atomic mass is 9.89. The van der Waals surface area contributed by atoms with Gasteiger partial charge in [0, 0.05) is 50.5 Å². The highest BCUT2D eigenvalue weighted by Gasteiger charge is 2.42. The van der Waals surface area contributed by atoms with Gasteiger partial charge in [-0.05, 0) is 30.5 Å². The highest BCUT2D eigenvalue weighted by Crippen LogP contribution is 2.32. The van der Waals surface area contributed by atoms with Gasteiger partial charge in [0.15, 0.2) is 5.82 Å². The molecule has 0 aliphatic carbocycles. The normalized spacial score (nSPS) is 20.8. The van der Waals surface area contributed by atoms with Gasteiger partial charge in [-0.2, -0.15) is 26.3 Å². The third-order valence-electron chi connectivity index (χ3n) is 5.42. The molecule has 39 heavy (non-hydrogen) atoms. The Morgan fingerprint density at radius 2 is 1.56 bits per heavy atom. The summed E-state index contributed by atoms with van der Waals surface area (Å²) < 4.78 is 69.4. The first-order valence-electron chi connectivity index (χ1n) is 11.1. The zero-order valence-electron chi connectivity index (χ0n) is 19.9. The Balaban J connectivity index is 0.000000317. The molecule has 2 fully saturated rings. The van der Waals surface area contributed by atoms with Crippen molar-refractivity contribution in [2.24, 2.45) is 5.92 Å². The molecule has 1 amide bonds. The number of hydrogen-bond donors (Lipinski definition) is 3. The number of aliphatic carboxylic acids is 2. The number of likely N-dealkylation sites (tertiary alicyclic amines) is 1. The molecule has 0 spiro atoms. The summed E-state index contributed by atoms with van der Waals surface area (Å²) in [5.41, 5.74) is 1.20. The zero-order valence-corrected chi connectivity index (χ0v) is 19.9. The Kier molecular flexibility index (Phi) is 11.1. The van der Waals surface area contributed by atoms with Crippen molar-refractivity contribution >= 4 is 23.7 Å². The first-order valence-corrected chi connectivity index (χ1v) is 11.1. The molecule has 4 rings (SSSR count). The number of carbonyl (C=O) groups is 3. The summed E-state index contributed by atoms with van der Waals surface area (Å²) in [5, 5.41) is 17.1. The van der Waals surface area contributed by atoms with Gasteiger partial charge in [-0.25, -0.2) is 14.6 Å². The summed E-state index contributed by atoms with van der Waals surface area (Å²) >= 11 is 0. The Labute approximate surface area is 216 Å². The van der Waals surface area contributed by atoms with Crippen LogP contribution in [0.4, 0.5) is 32.2 Å². The van der Waals surface area contributed by atoms with E-state index in [9.17, 15) is 31.1 Å². The molecule has 11 nitrogen and oxygen atoms in total. The topological polar surface area (TPSA) is 155 Å². The van der Waals surface area contributed by atoms with E-state index in [1.54, 1.807) is 31.0 Å². The van der Waals surface area contributed by atoms with Gasteiger partial charge in [0.05, 0.1) is 18.2 Å². The number of alkyl halides is 6. The number of piperidine rings is 1. The van der Waals surface area contributed by atoms with Crippen molar-refractivity contribution in [2.45, 2.75) is 43.9 Å². The number of amides is 1. The predicted octanol–water partition coefficient (Wildman–Crippen LogP) is 2.76. The maximum absolute atomic E-state index is 12.7. The van der Waals surface area contributed by atoms with Gasteiger partial charge in [-0.3, -0.25) is 19.7 Å². The van der Waals surface area contributed by atoms with Crippen LogP contribution in [-0.2, 0) is 25.7 Å². The van der Waals surface area contributed by atoms with E-state index in [0.29, 0.717) is 11.9 Å². The Bertz CT molecular complexity index is 1070. The molecule has 0 radical (unpaired) electrons. The van der Waals surface area contributed by atoms with Crippen LogP contribution in [0.1, 0.15) is 18.4 Å². The predicted molar refractivity (Wildman–Crippen MR) is 119 cm³/mol. The van der Waals surface area contributed by atoms with Crippen molar-refractivity contribution in [3.8, 4) is 0 Å². The summed E-state index contributed by atoms with van der Waals surface area (Å²) in [5.74, 6) is -5.17. The summed E-state index contributed by atoms with van der Waals surface area (Å²) in [4.78, 5) is 45.0. The fourth-order valence-corrected chi connectivity index (χ4v) is 3.74. The van der Waals surface area contributed by atoms with E-state index in [1.165, 1.54) is 5.56 Å². The van der Waals surface area contributed by atoms with Crippen LogP contribution in [0.3, 0.4) is 0 Å². The van der Waals surface area contributed by atoms with Gasteiger partial charge in [-0.15, -0.1) is 0 Å². The number of hydrogen-bond acceptors (Lipinski definition) is 8. The molecule has 3 N–H and O–H groups in total. The van der Waals surface area contributed by atoms with Crippen LogP contribution >= 0.6 is 0 Å². The highest BCUT2D eigenvalue weighted by atomic mass is 19.4. The molecule has 2 aliphatic heterocycles. The van der Waals surface area contributed by atoms with Crippen molar-refractivity contribution < 1.29 is 55.7 Å². The van der Waals surface area contributed by atoms with E-state index in [1.807, 2.05) is 12.1 Å². The Hall–Kier alpha value is -3.86. The van der Waals surface area contributed by atoms with Crippen LogP contribution in [0.15, 0.2) is 43.1 Å². The third-order valence-corrected chi connectivity index (χ3v) is 5.42. The van der Waals surface area contributed by atoms with Crippen molar-refractivity contribution in [3.63, 3.8) is 0 Å². The van der Waals surface area contributed by atoms with E-state index in [-0.39, 0.29) is 17.9 Å². The molecule has 2 saturated heterocycles. The first-order chi connectivity index (χ1) is 18.2. The molecule has 2 aromatic heterocycles. The van der Waals surface area contributed by atoms with Crippen LogP contribution in [-0.4, -0.2) is 85.6 Å². The minimum absolute atomic E-state index is 0.0193. The first kappa shape index (κ1) is 31.4. The van der Waals surface area contributed by atoms with Crippen LogP contribution in [0.2, 0.25) is 0 Å². The number of nitrogens with zero attached hydrogens (tertiary/aromatic N) is 4. The monoisotopic (exact) mass is 567 g/mol. The summed E-state index contributed by atoms with van der Waals surface area (Å²) in [6, 6.07) is 4.43. The molecule has 2 aliphatic rings. The highest BCUT2D eigenvalue weighted by molar-refractivity contribution is 5.91. The average Bonchev–Trinajstić information content (AvgIpc) is 3.34. The molecular formula is C22H23F6N5O6. The minimum atomic E-state index is -5.08. The molecule has 3 atom stereocenters. The third kappa shape index (κ3) is 10.4. The maximum Gasteiger partial charge on any atom is 0.490 e. The maximum atomic E-state index is 12.7. The summed E-state index contributed by atoms with van der Waals surface area (Å²) in [6.07, 6.45) is 0.0577. The molecule has 214 valence electrons. The van der Waals surface area contributed by atoms with E-state index < -0.39 is 24.3 Å². The minimum Gasteiger partial charge on any atom is -0.475 e. The van der Waals surface area contributed by atoms with E-state index in [2.05, 4.69) is 25.2 Å². The van der Waals surface area contributed by atoms with Crippen LogP contribution in [0.25, 0.3) is 0 Å². The number of nitrogens with one attached hydrogen (secondary N) is 1. The second-order valence-corrected chi connectivity index (χ2v) is 8.17. The van der Waals surface area contributed by atoms with Crippen molar-refractivity contribution in [1.82, 2.24) is 19.9 Å². The van der Waals surface area contributed by atoms with Gasteiger partial charge in [0.1, 0.15) is 0 Å². The quantitative estimate of drug-likeness (QED) is 0.470. The molecule has 0 saturated carbocycles. The number of carbonyl (C=O) groups excluding carboxylic acids is 1. The molecule has 2 aromatic rings. The van der Waals surface area contributed by atoms with Crippen LogP contribution < -0.4 is 5.32 Å². The molecule has 17 heteroatoms. The average molecular weight is 567 g/mol. The van der Waals surface area contributed by atoms with Crippen molar-refractivity contribution in [2.75, 3.05) is 18.5 Å². The number of carboxylic acid groups (broad SMARTS) is 2. The van der Waals surface area contributed by atoms with Gasteiger partial charge in [-0.1, -0.05) is 0 Å². The number of aromatic nitrogens is 3. The second-order valence-electron chi connectivity index (χ2n) is 8.17. The standard InChI is InChI=1S/C18H21N5O2.2C2HF3O2/c24-18(22-17-10-20-6-7-21-17)14-9-16-15(3-8-25-16)23(12-14)11-13-1-4-19-5-2-13;2*3-2(4,5)1(6)7/h1-2,4-7,10,14-16H,3,8-9,11-12H2,(H,21,22,24);2*(H,6,7)/t14-,15-,16-;;/m1../s1. The molecule has 0 aromatic carbocycles. The Morgan fingerprint density at radius 3 is 2.08 bits per heavy atom. The number of fused-ring (bicyclic) bond motifs is 1. The summed E-state index contributed by atoms with van der Waals surface area (Å²) in [6.45, 7) is 2.29.